The van der Waals surface area contributed by atoms with Crippen LogP contribution in [0.15, 0.2) is 39.8 Å². The molecular weight excluding hydrogens is 274 g/mol. The molecule has 1 aromatic carbocycles. The lowest BCUT2D eigenvalue weighted by Crippen LogP contribution is -1.97. The molecule has 0 unspecified atom stereocenters. The van der Waals surface area contributed by atoms with Crippen LogP contribution in [0.5, 0.6) is 0 Å². The number of aromatic carboxylic acids is 1. The number of rotatable bonds is 4. The van der Waals surface area contributed by atoms with Gasteiger partial charge in [0.15, 0.2) is 0 Å². The Labute approximate surface area is 113 Å². The van der Waals surface area contributed by atoms with E-state index in [0.717, 1.165) is 4.90 Å². The van der Waals surface area contributed by atoms with Gasteiger partial charge in [-0.1, -0.05) is 11.6 Å². The van der Waals surface area contributed by atoms with Crippen LogP contribution in [0, 0.1) is 0 Å². The Balaban J connectivity index is 2.14. The maximum absolute atomic E-state index is 10.9. The van der Waals surface area contributed by atoms with Crippen molar-refractivity contribution < 1.29 is 14.3 Å². The molecule has 0 saturated heterocycles. The monoisotopic (exact) mass is 283 g/mol. The van der Waals surface area contributed by atoms with Gasteiger partial charge in [-0.15, -0.1) is 11.8 Å². The van der Waals surface area contributed by atoms with E-state index < -0.39 is 5.97 Å². The van der Waals surface area contributed by atoms with Crippen molar-refractivity contribution in [2.75, 3.05) is 5.73 Å². The van der Waals surface area contributed by atoms with Crippen molar-refractivity contribution in [3.05, 3.63) is 46.9 Å². The number of benzene rings is 1. The van der Waals surface area contributed by atoms with Gasteiger partial charge in [0.05, 0.1) is 17.0 Å². The highest BCUT2D eigenvalue weighted by atomic mass is 35.5. The van der Waals surface area contributed by atoms with Crippen LogP contribution in [0.4, 0.5) is 5.69 Å². The number of nitrogen functional groups attached to an aromatic ring is 1. The van der Waals surface area contributed by atoms with Gasteiger partial charge in [-0.3, -0.25) is 0 Å². The third-order valence-electron chi connectivity index (χ3n) is 2.29. The van der Waals surface area contributed by atoms with Crippen molar-refractivity contribution >= 4 is 35.0 Å². The second-order valence-corrected chi connectivity index (χ2v) is 4.97. The number of nitrogens with two attached hydrogens (primary N) is 1. The highest BCUT2D eigenvalue weighted by molar-refractivity contribution is 7.98. The predicted octanol–water partition coefficient (Wildman–Crippen LogP) is 3.51. The van der Waals surface area contributed by atoms with E-state index >= 15 is 0 Å². The molecule has 0 aliphatic rings. The molecule has 0 amide bonds. The zero-order valence-corrected chi connectivity index (χ0v) is 10.8. The number of hydrogen-bond donors (Lipinski definition) is 2. The van der Waals surface area contributed by atoms with Crippen molar-refractivity contribution in [1.82, 2.24) is 0 Å². The smallest absolute Gasteiger partial charge is 0.339 e. The number of carbonyl (C=O) groups is 1. The molecular formula is C12H10ClNO3S. The summed E-state index contributed by atoms with van der Waals surface area (Å²) in [6, 6.07) is 6.59. The first kappa shape index (κ1) is 12.9. The fourth-order valence-electron chi connectivity index (χ4n) is 1.42. The van der Waals surface area contributed by atoms with Gasteiger partial charge in [-0.2, -0.15) is 0 Å². The maximum atomic E-state index is 10.9. The molecule has 0 bridgehead atoms. The molecule has 94 valence electrons. The van der Waals surface area contributed by atoms with E-state index in [1.165, 1.54) is 24.1 Å². The van der Waals surface area contributed by atoms with Crippen LogP contribution in [-0.4, -0.2) is 11.1 Å². The summed E-state index contributed by atoms with van der Waals surface area (Å²) in [5.74, 6) is -0.207. The van der Waals surface area contributed by atoms with Gasteiger partial charge in [0, 0.05) is 10.6 Å². The van der Waals surface area contributed by atoms with E-state index in [1.807, 2.05) is 0 Å². The Hall–Kier alpha value is -1.59. The molecule has 1 heterocycles. The van der Waals surface area contributed by atoms with Gasteiger partial charge in [-0.05, 0) is 24.3 Å². The molecule has 2 aromatic rings. The minimum Gasteiger partial charge on any atom is -0.478 e. The summed E-state index contributed by atoms with van der Waals surface area (Å²) in [6.07, 6.45) is 1.36. The molecule has 0 spiro atoms. The first-order chi connectivity index (χ1) is 8.58. The van der Waals surface area contributed by atoms with Crippen molar-refractivity contribution in [2.24, 2.45) is 0 Å². The summed E-state index contributed by atoms with van der Waals surface area (Å²) < 4.78 is 5.14. The molecule has 18 heavy (non-hydrogen) atoms. The van der Waals surface area contributed by atoms with Crippen LogP contribution in [0.2, 0.25) is 5.02 Å². The first-order valence-corrected chi connectivity index (χ1v) is 6.42. The topological polar surface area (TPSA) is 76.5 Å². The Bertz CT molecular complexity index is 582. The minimum atomic E-state index is -1.00. The fourth-order valence-corrected chi connectivity index (χ4v) is 2.63. The van der Waals surface area contributed by atoms with Gasteiger partial charge in [0.1, 0.15) is 11.3 Å². The standard InChI is InChI=1S/C12H10ClNO3S/c13-9-2-1-7(14)5-11(9)18-6-10-8(12(15)16)3-4-17-10/h1-5H,6,14H2,(H,15,16). The zero-order chi connectivity index (χ0) is 13.1. The number of furan rings is 1. The molecule has 0 aliphatic carbocycles. The Morgan fingerprint density at radius 1 is 1.44 bits per heavy atom. The van der Waals surface area contributed by atoms with Crippen molar-refractivity contribution in [2.45, 2.75) is 10.6 Å². The highest BCUT2D eigenvalue weighted by Crippen LogP contribution is 2.32. The van der Waals surface area contributed by atoms with Crippen LogP contribution in [0.1, 0.15) is 16.1 Å². The largest absolute Gasteiger partial charge is 0.478 e. The number of anilines is 1. The first-order valence-electron chi connectivity index (χ1n) is 5.05. The third-order valence-corrected chi connectivity index (χ3v) is 3.79. The van der Waals surface area contributed by atoms with Gasteiger partial charge in [0.25, 0.3) is 0 Å². The second-order valence-electron chi connectivity index (χ2n) is 3.54. The summed E-state index contributed by atoms with van der Waals surface area (Å²) >= 11 is 7.40. The summed E-state index contributed by atoms with van der Waals surface area (Å²) in [4.78, 5) is 11.7. The van der Waals surface area contributed by atoms with Crippen molar-refractivity contribution in [3.8, 4) is 0 Å². The Morgan fingerprint density at radius 2 is 2.22 bits per heavy atom. The van der Waals surface area contributed by atoms with Crippen LogP contribution in [-0.2, 0) is 5.75 Å². The summed E-state index contributed by atoms with van der Waals surface area (Å²) in [5.41, 5.74) is 6.44. The molecule has 1 aromatic heterocycles. The maximum Gasteiger partial charge on any atom is 0.339 e. The normalized spacial score (nSPS) is 10.5. The number of carboxylic acid groups (broad SMARTS) is 1. The van der Waals surface area contributed by atoms with Gasteiger partial charge < -0.3 is 15.3 Å². The SMILES string of the molecule is Nc1ccc(Cl)c(SCc2occc2C(=O)O)c1. The third kappa shape index (κ3) is 2.80. The highest BCUT2D eigenvalue weighted by Gasteiger charge is 2.14. The predicted molar refractivity (Wildman–Crippen MR) is 71.1 cm³/mol. The average molecular weight is 284 g/mol. The summed E-state index contributed by atoms with van der Waals surface area (Å²) in [7, 11) is 0. The fraction of sp³-hybridized carbons (Fsp3) is 0.0833. The van der Waals surface area contributed by atoms with Crippen LogP contribution >= 0.6 is 23.4 Å². The molecule has 4 nitrogen and oxygen atoms in total. The molecule has 6 heteroatoms. The lowest BCUT2D eigenvalue weighted by Gasteiger charge is -2.04. The van der Waals surface area contributed by atoms with E-state index in [9.17, 15) is 4.79 Å². The van der Waals surface area contributed by atoms with E-state index in [-0.39, 0.29) is 5.56 Å². The van der Waals surface area contributed by atoms with Crippen molar-refractivity contribution in [1.29, 1.82) is 0 Å². The summed E-state index contributed by atoms with van der Waals surface area (Å²) in [6.45, 7) is 0. The molecule has 0 fully saturated rings. The van der Waals surface area contributed by atoms with Crippen molar-refractivity contribution in [3.63, 3.8) is 0 Å². The number of thioether (sulfide) groups is 1. The van der Waals surface area contributed by atoms with Crippen LogP contribution in [0.25, 0.3) is 0 Å². The molecule has 2 rings (SSSR count). The zero-order valence-electron chi connectivity index (χ0n) is 9.22. The molecule has 0 aliphatic heterocycles. The van der Waals surface area contributed by atoms with E-state index in [2.05, 4.69) is 0 Å². The molecule has 0 saturated carbocycles. The molecule has 0 atom stereocenters. The lowest BCUT2D eigenvalue weighted by atomic mass is 10.3. The lowest BCUT2D eigenvalue weighted by molar-refractivity contribution is 0.0695. The number of hydrogen-bond acceptors (Lipinski definition) is 4. The van der Waals surface area contributed by atoms with E-state index in [4.69, 9.17) is 26.9 Å². The average Bonchev–Trinajstić information content (AvgIpc) is 2.79. The van der Waals surface area contributed by atoms with E-state index in [1.54, 1.807) is 18.2 Å². The van der Waals surface area contributed by atoms with Gasteiger partial charge in [-0.25, -0.2) is 4.79 Å². The Kier molecular flexibility index (Phi) is 3.84. The minimum absolute atomic E-state index is 0.169. The number of halogens is 1. The van der Waals surface area contributed by atoms with Crippen LogP contribution < -0.4 is 5.73 Å². The quantitative estimate of drug-likeness (QED) is 0.663. The number of carboxylic acids is 1. The van der Waals surface area contributed by atoms with Gasteiger partial charge in [0.2, 0.25) is 0 Å². The summed E-state index contributed by atoms with van der Waals surface area (Å²) in [5, 5.41) is 9.52. The second kappa shape index (κ2) is 5.37. The molecule has 0 radical (unpaired) electrons. The van der Waals surface area contributed by atoms with Crippen LogP contribution in [0.3, 0.4) is 0 Å². The molecule has 3 N–H and O–H groups in total. The van der Waals surface area contributed by atoms with Gasteiger partial charge >= 0.3 is 5.97 Å². The van der Waals surface area contributed by atoms with E-state index in [0.29, 0.717) is 22.2 Å². The Morgan fingerprint density at radius 3 is 2.94 bits per heavy atom.